The van der Waals surface area contributed by atoms with Gasteiger partial charge in [-0.3, -0.25) is 14.9 Å². The van der Waals surface area contributed by atoms with Gasteiger partial charge in [-0.2, -0.15) is 0 Å². The zero-order valence-electron chi connectivity index (χ0n) is 9.56. The third-order valence-electron chi connectivity index (χ3n) is 4.04. The molecule has 1 saturated heterocycles. The first-order valence-electron chi connectivity index (χ1n) is 6.15. The molecule has 0 radical (unpaired) electrons. The van der Waals surface area contributed by atoms with Crippen LogP contribution in [0.2, 0.25) is 0 Å². The highest BCUT2D eigenvalue weighted by atomic mass is 16.2. The van der Waals surface area contributed by atoms with Gasteiger partial charge in [0.15, 0.2) is 0 Å². The van der Waals surface area contributed by atoms with Gasteiger partial charge >= 0.3 is 0 Å². The number of carbonyl (C=O) groups is 2. The second-order valence-electron chi connectivity index (χ2n) is 4.99. The number of imide groups is 1. The Bertz CT molecular complexity index is 455. The predicted octanol–water partition coefficient (Wildman–Crippen LogP) is 1.84. The lowest BCUT2D eigenvalue weighted by Gasteiger charge is -2.29. The highest BCUT2D eigenvalue weighted by Gasteiger charge is 2.45. The fraction of sp³-hybridized carbons (Fsp3) is 0.429. The van der Waals surface area contributed by atoms with Gasteiger partial charge in [-0.15, -0.1) is 0 Å². The van der Waals surface area contributed by atoms with Gasteiger partial charge in [-0.05, 0) is 30.7 Å². The van der Waals surface area contributed by atoms with E-state index in [0.29, 0.717) is 5.92 Å². The number of hydrogen-bond donors (Lipinski definition) is 1. The summed E-state index contributed by atoms with van der Waals surface area (Å²) in [6.45, 7) is 0. The fourth-order valence-corrected chi connectivity index (χ4v) is 3.11. The summed E-state index contributed by atoms with van der Waals surface area (Å²) in [5, 5.41) is 2.45. The van der Waals surface area contributed by atoms with Gasteiger partial charge in [-0.25, -0.2) is 0 Å². The summed E-state index contributed by atoms with van der Waals surface area (Å²) >= 11 is 0. The van der Waals surface area contributed by atoms with Crippen LogP contribution < -0.4 is 5.32 Å². The molecule has 2 aliphatic rings. The summed E-state index contributed by atoms with van der Waals surface area (Å²) in [6.07, 6.45) is 2.65. The number of carbonyl (C=O) groups excluding carboxylic acids is 2. The Hall–Kier alpha value is -1.64. The largest absolute Gasteiger partial charge is 0.296 e. The van der Waals surface area contributed by atoms with Crippen LogP contribution in [0.5, 0.6) is 0 Å². The zero-order chi connectivity index (χ0) is 11.8. The standard InChI is InChI=1S/C14H15NO2/c16-13-11-7-6-10(8-12(11)14(17)15-13)9-4-2-1-3-5-9/h1-5,10-12H,6-8H2,(H,15,16,17)/t10-,11-,12+/m0/s1. The number of rotatable bonds is 1. The second kappa shape index (κ2) is 3.99. The topological polar surface area (TPSA) is 46.2 Å². The Morgan fingerprint density at radius 1 is 0.941 bits per heavy atom. The molecule has 1 aliphatic heterocycles. The average molecular weight is 229 g/mol. The monoisotopic (exact) mass is 229 g/mol. The van der Waals surface area contributed by atoms with Crippen molar-refractivity contribution in [2.24, 2.45) is 11.8 Å². The van der Waals surface area contributed by atoms with Gasteiger partial charge in [0, 0.05) is 0 Å². The normalized spacial score (nSPS) is 32.1. The first-order valence-corrected chi connectivity index (χ1v) is 6.15. The molecule has 1 heterocycles. The maximum Gasteiger partial charge on any atom is 0.230 e. The molecule has 1 aromatic carbocycles. The predicted molar refractivity (Wildman–Crippen MR) is 63.2 cm³/mol. The molecule has 2 amide bonds. The van der Waals surface area contributed by atoms with E-state index in [2.05, 4.69) is 17.4 Å². The van der Waals surface area contributed by atoms with Crippen molar-refractivity contribution in [2.45, 2.75) is 25.2 Å². The van der Waals surface area contributed by atoms with Gasteiger partial charge in [-0.1, -0.05) is 30.3 Å². The molecule has 3 rings (SSSR count). The molecule has 2 fully saturated rings. The number of amides is 2. The van der Waals surface area contributed by atoms with Crippen molar-refractivity contribution in [3.05, 3.63) is 35.9 Å². The molecular formula is C14H15NO2. The van der Waals surface area contributed by atoms with Gasteiger partial charge < -0.3 is 0 Å². The van der Waals surface area contributed by atoms with Gasteiger partial charge in [0.2, 0.25) is 11.8 Å². The van der Waals surface area contributed by atoms with Crippen molar-refractivity contribution in [1.29, 1.82) is 0 Å². The van der Waals surface area contributed by atoms with Crippen molar-refractivity contribution >= 4 is 11.8 Å². The Morgan fingerprint density at radius 2 is 1.65 bits per heavy atom. The molecular weight excluding hydrogens is 214 g/mol. The van der Waals surface area contributed by atoms with Crippen molar-refractivity contribution in [1.82, 2.24) is 5.32 Å². The summed E-state index contributed by atoms with van der Waals surface area (Å²) < 4.78 is 0. The van der Waals surface area contributed by atoms with E-state index in [4.69, 9.17) is 0 Å². The first-order chi connectivity index (χ1) is 8.25. The summed E-state index contributed by atoms with van der Waals surface area (Å²) in [6, 6.07) is 10.3. The fourth-order valence-electron chi connectivity index (χ4n) is 3.11. The van der Waals surface area contributed by atoms with Crippen LogP contribution in [0.4, 0.5) is 0 Å². The Kier molecular flexibility index (Phi) is 2.46. The molecule has 1 aromatic rings. The molecule has 0 spiro atoms. The van der Waals surface area contributed by atoms with Crippen LogP contribution in [-0.2, 0) is 9.59 Å². The third-order valence-corrected chi connectivity index (χ3v) is 4.04. The molecule has 3 atom stereocenters. The van der Waals surface area contributed by atoms with E-state index in [9.17, 15) is 9.59 Å². The van der Waals surface area contributed by atoms with Gasteiger partial charge in [0.25, 0.3) is 0 Å². The SMILES string of the molecule is O=C1NC(=O)[C@@H]2C[C@@H](c3ccccc3)CC[C@H]12. The first kappa shape index (κ1) is 10.5. The number of hydrogen-bond acceptors (Lipinski definition) is 2. The molecule has 3 heteroatoms. The Balaban J connectivity index is 1.81. The van der Waals surface area contributed by atoms with E-state index < -0.39 is 0 Å². The summed E-state index contributed by atoms with van der Waals surface area (Å²) in [5.41, 5.74) is 1.29. The smallest absolute Gasteiger partial charge is 0.230 e. The molecule has 17 heavy (non-hydrogen) atoms. The van der Waals surface area contributed by atoms with Crippen LogP contribution in [0.3, 0.4) is 0 Å². The highest BCUT2D eigenvalue weighted by molar-refractivity contribution is 6.05. The lowest BCUT2D eigenvalue weighted by Crippen LogP contribution is -2.26. The quantitative estimate of drug-likeness (QED) is 0.747. The minimum atomic E-state index is -0.0959. The van der Waals surface area contributed by atoms with E-state index in [0.717, 1.165) is 19.3 Å². The van der Waals surface area contributed by atoms with E-state index >= 15 is 0 Å². The van der Waals surface area contributed by atoms with E-state index in [-0.39, 0.29) is 23.7 Å². The molecule has 0 bridgehead atoms. The van der Waals surface area contributed by atoms with Crippen LogP contribution in [-0.4, -0.2) is 11.8 Å². The van der Waals surface area contributed by atoms with Crippen molar-refractivity contribution in [2.75, 3.05) is 0 Å². The number of benzene rings is 1. The highest BCUT2D eigenvalue weighted by Crippen LogP contribution is 2.41. The molecule has 0 aromatic heterocycles. The van der Waals surface area contributed by atoms with Gasteiger partial charge in [0.1, 0.15) is 0 Å². The van der Waals surface area contributed by atoms with Crippen molar-refractivity contribution in [3.63, 3.8) is 0 Å². The lowest BCUT2D eigenvalue weighted by atomic mass is 9.73. The third kappa shape index (κ3) is 1.75. The molecule has 0 unspecified atom stereocenters. The average Bonchev–Trinajstić information content (AvgIpc) is 2.66. The zero-order valence-corrected chi connectivity index (χ0v) is 9.56. The maximum atomic E-state index is 11.7. The Morgan fingerprint density at radius 3 is 2.41 bits per heavy atom. The number of nitrogens with one attached hydrogen (secondary N) is 1. The minimum absolute atomic E-state index is 0.0634. The summed E-state index contributed by atoms with van der Waals surface area (Å²) in [4.78, 5) is 23.2. The van der Waals surface area contributed by atoms with E-state index in [1.807, 2.05) is 18.2 Å². The van der Waals surface area contributed by atoms with Crippen LogP contribution in [0.15, 0.2) is 30.3 Å². The van der Waals surface area contributed by atoms with Crippen molar-refractivity contribution < 1.29 is 9.59 Å². The molecule has 1 N–H and O–H groups in total. The van der Waals surface area contributed by atoms with Crippen LogP contribution in [0.1, 0.15) is 30.7 Å². The van der Waals surface area contributed by atoms with E-state index in [1.165, 1.54) is 5.56 Å². The minimum Gasteiger partial charge on any atom is -0.296 e. The lowest BCUT2D eigenvalue weighted by molar-refractivity contribution is -0.126. The Labute approximate surface area is 100 Å². The molecule has 1 aliphatic carbocycles. The van der Waals surface area contributed by atoms with Gasteiger partial charge in [0.05, 0.1) is 11.8 Å². The molecule has 88 valence electrons. The molecule has 1 saturated carbocycles. The summed E-state index contributed by atoms with van der Waals surface area (Å²) in [5.74, 6) is 0.130. The second-order valence-corrected chi connectivity index (χ2v) is 4.99. The number of fused-ring (bicyclic) bond motifs is 1. The van der Waals surface area contributed by atoms with Crippen LogP contribution in [0.25, 0.3) is 0 Å². The van der Waals surface area contributed by atoms with Crippen LogP contribution >= 0.6 is 0 Å². The van der Waals surface area contributed by atoms with Crippen molar-refractivity contribution in [3.8, 4) is 0 Å². The van der Waals surface area contributed by atoms with Crippen LogP contribution in [0, 0.1) is 11.8 Å². The summed E-state index contributed by atoms with van der Waals surface area (Å²) in [7, 11) is 0. The molecule has 3 nitrogen and oxygen atoms in total. The van der Waals surface area contributed by atoms with E-state index in [1.54, 1.807) is 0 Å². The maximum absolute atomic E-state index is 11.7.